The molecule has 2 aromatic rings. The molecule has 6 heteroatoms. The molecule has 1 aromatic carbocycles. The fourth-order valence-electron chi connectivity index (χ4n) is 2.56. The summed E-state index contributed by atoms with van der Waals surface area (Å²) in [6, 6.07) is 7.06. The van der Waals surface area contributed by atoms with E-state index < -0.39 is 5.97 Å². The quantitative estimate of drug-likeness (QED) is 0.412. The van der Waals surface area contributed by atoms with Gasteiger partial charge in [-0.05, 0) is 52.0 Å². The van der Waals surface area contributed by atoms with E-state index in [0.717, 1.165) is 22.6 Å². The van der Waals surface area contributed by atoms with Gasteiger partial charge < -0.3 is 9.30 Å². The van der Waals surface area contributed by atoms with Gasteiger partial charge in [0.2, 0.25) is 5.78 Å². The number of allylic oxidation sites excluding steroid dienone is 1. The van der Waals surface area contributed by atoms with Crippen molar-refractivity contribution in [1.82, 2.24) is 4.57 Å². The summed E-state index contributed by atoms with van der Waals surface area (Å²) >= 11 is 12.1. The van der Waals surface area contributed by atoms with Crippen LogP contribution in [0.5, 0.6) is 0 Å². The second kappa shape index (κ2) is 7.89. The van der Waals surface area contributed by atoms with Gasteiger partial charge in [-0.2, -0.15) is 0 Å². The number of ether oxygens (including phenoxy) is 1. The lowest BCUT2D eigenvalue weighted by atomic mass is 10.1. The Kier molecular flexibility index (Phi) is 6.09. The number of rotatable bonds is 5. The van der Waals surface area contributed by atoms with Crippen LogP contribution in [0, 0.1) is 13.8 Å². The van der Waals surface area contributed by atoms with Crippen LogP contribution in [-0.4, -0.2) is 22.9 Å². The van der Waals surface area contributed by atoms with Gasteiger partial charge in [0, 0.05) is 28.7 Å². The van der Waals surface area contributed by atoms with Gasteiger partial charge >= 0.3 is 5.97 Å². The van der Waals surface area contributed by atoms with Crippen molar-refractivity contribution in [2.45, 2.75) is 27.7 Å². The summed E-state index contributed by atoms with van der Waals surface area (Å²) in [6.07, 6.45) is 1.35. The molecule has 2 rings (SSSR count). The Balaban J connectivity index is 2.26. The minimum Gasteiger partial charge on any atom is -0.454 e. The van der Waals surface area contributed by atoms with Crippen LogP contribution in [0.15, 0.2) is 35.9 Å². The Morgan fingerprint density at radius 1 is 1.12 bits per heavy atom. The predicted molar refractivity (Wildman–Crippen MR) is 100.0 cm³/mol. The van der Waals surface area contributed by atoms with E-state index in [4.69, 9.17) is 27.9 Å². The number of nitrogens with zero attached hydrogens (tertiary/aromatic N) is 1. The second-order valence-electron chi connectivity index (χ2n) is 5.97. The van der Waals surface area contributed by atoms with Crippen molar-refractivity contribution in [1.29, 1.82) is 0 Å². The zero-order chi connectivity index (χ0) is 18.7. The third-order valence-electron chi connectivity index (χ3n) is 3.64. The second-order valence-corrected chi connectivity index (χ2v) is 6.79. The molecule has 132 valence electrons. The van der Waals surface area contributed by atoms with E-state index in [-0.39, 0.29) is 12.4 Å². The van der Waals surface area contributed by atoms with Gasteiger partial charge in [0.15, 0.2) is 6.61 Å². The van der Waals surface area contributed by atoms with E-state index in [0.29, 0.717) is 15.6 Å². The van der Waals surface area contributed by atoms with Crippen molar-refractivity contribution < 1.29 is 14.3 Å². The molecule has 0 fully saturated rings. The molecule has 0 amide bonds. The van der Waals surface area contributed by atoms with Crippen LogP contribution in [0.25, 0.3) is 5.69 Å². The number of hydrogen-bond acceptors (Lipinski definition) is 3. The van der Waals surface area contributed by atoms with Gasteiger partial charge in [0.25, 0.3) is 0 Å². The first-order valence-corrected chi connectivity index (χ1v) is 8.45. The lowest BCUT2D eigenvalue weighted by molar-refractivity contribution is -0.136. The molecule has 0 atom stereocenters. The zero-order valence-corrected chi connectivity index (χ0v) is 16.0. The average Bonchev–Trinajstić information content (AvgIpc) is 2.82. The summed E-state index contributed by atoms with van der Waals surface area (Å²) in [5.41, 5.74) is 3.75. The first-order chi connectivity index (χ1) is 11.7. The zero-order valence-electron chi connectivity index (χ0n) is 14.5. The molecule has 0 bridgehead atoms. The number of hydrogen-bond donors (Lipinski definition) is 0. The molecule has 0 aliphatic heterocycles. The Labute approximate surface area is 157 Å². The average molecular weight is 380 g/mol. The standard InChI is InChI=1S/C19H19Cl2NO3/c1-11(2)7-19(24)25-10-18(23)15-8-12(3)22(13(15)4)14-5-6-16(20)17(21)9-14/h5-9H,10H2,1-4H3. The molecule has 0 aliphatic carbocycles. The van der Waals surface area contributed by atoms with Gasteiger partial charge in [-0.3, -0.25) is 4.79 Å². The molecule has 0 unspecified atom stereocenters. The highest BCUT2D eigenvalue weighted by Gasteiger charge is 2.18. The van der Waals surface area contributed by atoms with Crippen LogP contribution in [-0.2, 0) is 9.53 Å². The van der Waals surface area contributed by atoms with Crippen LogP contribution in [0.1, 0.15) is 35.6 Å². The van der Waals surface area contributed by atoms with Crippen molar-refractivity contribution in [3.8, 4) is 5.69 Å². The third-order valence-corrected chi connectivity index (χ3v) is 4.38. The Hall–Kier alpha value is -2.04. The van der Waals surface area contributed by atoms with Crippen LogP contribution in [0.2, 0.25) is 10.0 Å². The molecule has 1 aromatic heterocycles. The lowest BCUT2D eigenvalue weighted by Crippen LogP contribution is -2.13. The van der Waals surface area contributed by atoms with E-state index >= 15 is 0 Å². The number of aromatic nitrogens is 1. The maximum Gasteiger partial charge on any atom is 0.331 e. The van der Waals surface area contributed by atoms with Crippen molar-refractivity contribution >= 4 is 35.0 Å². The molecule has 0 aliphatic rings. The topological polar surface area (TPSA) is 48.3 Å². The van der Waals surface area contributed by atoms with Gasteiger partial charge in [0.1, 0.15) is 0 Å². The van der Waals surface area contributed by atoms with E-state index in [9.17, 15) is 9.59 Å². The highest BCUT2D eigenvalue weighted by Crippen LogP contribution is 2.27. The molecule has 0 N–H and O–H groups in total. The summed E-state index contributed by atoms with van der Waals surface area (Å²) in [6.45, 7) is 7.00. The van der Waals surface area contributed by atoms with E-state index in [1.165, 1.54) is 6.08 Å². The number of aryl methyl sites for hydroxylation is 1. The lowest BCUT2D eigenvalue weighted by Gasteiger charge is -2.11. The summed E-state index contributed by atoms with van der Waals surface area (Å²) in [4.78, 5) is 24.0. The molecule has 0 saturated carbocycles. The molecule has 25 heavy (non-hydrogen) atoms. The van der Waals surface area contributed by atoms with Crippen LogP contribution in [0.3, 0.4) is 0 Å². The van der Waals surface area contributed by atoms with E-state index in [1.807, 2.05) is 24.5 Å². The smallest absolute Gasteiger partial charge is 0.331 e. The van der Waals surface area contributed by atoms with Crippen molar-refractivity contribution in [3.05, 3.63) is 62.9 Å². The van der Waals surface area contributed by atoms with E-state index in [1.54, 1.807) is 32.0 Å². The maximum atomic E-state index is 12.4. The van der Waals surface area contributed by atoms with Gasteiger partial charge in [-0.25, -0.2) is 4.79 Å². The Morgan fingerprint density at radius 2 is 1.80 bits per heavy atom. The molecular weight excluding hydrogens is 361 g/mol. The number of carbonyl (C=O) groups excluding carboxylic acids is 2. The molecule has 1 heterocycles. The highest BCUT2D eigenvalue weighted by atomic mass is 35.5. The summed E-state index contributed by atoms with van der Waals surface area (Å²) in [5.74, 6) is -0.776. The maximum absolute atomic E-state index is 12.4. The number of benzene rings is 1. The van der Waals surface area contributed by atoms with Crippen molar-refractivity contribution in [2.24, 2.45) is 0 Å². The van der Waals surface area contributed by atoms with Gasteiger partial charge in [0.05, 0.1) is 10.0 Å². The predicted octanol–water partition coefficient (Wildman–Crippen LogP) is 5.09. The highest BCUT2D eigenvalue weighted by molar-refractivity contribution is 6.42. The molecular formula is C19H19Cl2NO3. The number of halogens is 2. The van der Waals surface area contributed by atoms with E-state index in [2.05, 4.69) is 0 Å². The number of Topliss-reactive ketones (excluding diaryl/α,β-unsaturated/α-hetero) is 1. The molecule has 0 saturated heterocycles. The summed E-state index contributed by atoms with van der Waals surface area (Å²) in [7, 11) is 0. The first-order valence-electron chi connectivity index (χ1n) is 7.70. The molecule has 4 nitrogen and oxygen atoms in total. The fourth-order valence-corrected chi connectivity index (χ4v) is 2.85. The number of esters is 1. The van der Waals surface area contributed by atoms with Gasteiger partial charge in [-0.1, -0.05) is 28.8 Å². The minimum absolute atomic E-state index is 0.255. The Morgan fingerprint density at radius 3 is 2.40 bits per heavy atom. The van der Waals surface area contributed by atoms with Crippen molar-refractivity contribution in [2.75, 3.05) is 6.61 Å². The number of carbonyl (C=O) groups is 2. The monoisotopic (exact) mass is 379 g/mol. The minimum atomic E-state index is -0.522. The summed E-state index contributed by atoms with van der Waals surface area (Å²) < 4.78 is 6.91. The normalized spacial score (nSPS) is 10.5. The fraction of sp³-hybridized carbons (Fsp3) is 0.263. The molecule has 0 spiro atoms. The largest absolute Gasteiger partial charge is 0.454 e. The molecule has 0 radical (unpaired) electrons. The van der Waals surface area contributed by atoms with Gasteiger partial charge in [-0.15, -0.1) is 0 Å². The Bertz CT molecular complexity index is 862. The summed E-state index contributed by atoms with van der Waals surface area (Å²) in [5, 5.41) is 0.908. The third kappa shape index (κ3) is 4.53. The van der Waals surface area contributed by atoms with Crippen LogP contribution >= 0.6 is 23.2 Å². The van der Waals surface area contributed by atoms with Crippen molar-refractivity contribution in [3.63, 3.8) is 0 Å². The number of ketones is 1. The first kappa shape index (κ1) is 19.3. The van der Waals surface area contributed by atoms with Crippen LogP contribution < -0.4 is 0 Å². The van der Waals surface area contributed by atoms with Crippen LogP contribution in [0.4, 0.5) is 0 Å². The SMILES string of the molecule is CC(C)=CC(=O)OCC(=O)c1cc(C)n(-c2ccc(Cl)c(Cl)c2)c1C.